The Labute approximate surface area is 144 Å². The normalized spacial score (nSPS) is 36.6. The average molecular weight is 338 g/mol. The summed E-state index contributed by atoms with van der Waals surface area (Å²) >= 11 is 0. The van der Waals surface area contributed by atoms with Crippen LogP contribution in [0.4, 0.5) is 0 Å². The molecular formula is C18H30N2O4. The zero-order valence-corrected chi connectivity index (χ0v) is 14.6. The number of carbonyl (C=O) groups is 1. The second-order valence-corrected chi connectivity index (χ2v) is 7.77. The molecule has 0 bridgehead atoms. The number of hydrogen-bond acceptors (Lipinski definition) is 5. The first-order valence-electron chi connectivity index (χ1n) is 9.59. The molecule has 4 rings (SSSR count). The van der Waals surface area contributed by atoms with Gasteiger partial charge in [-0.1, -0.05) is 0 Å². The smallest absolute Gasteiger partial charge is 0.222 e. The standard InChI is InChI=1S/C18H30N2O4/c21-17-2-1-7-19(17)12-16-3-6-18(24-16)13-20(8-11-23-14-18)15-4-9-22-10-5-15/h15-16H,1-14H2/t16-,18+/m1/s1. The predicted octanol–water partition coefficient (Wildman–Crippen LogP) is 1.04. The molecular weight excluding hydrogens is 308 g/mol. The number of carbonyl (C=O) groups excluding carboxylic acids is 1. The highest BCUT2D eigenvalue weighted by Crippen LogP contribution is 2.35. The van der Waals surface area contributed by atoms with Gasteiger partial charge in [-0.3, -0.25) is 9.69 Å². The minimum absolute atomic E-state index is 0.172. The molecule has 4 saturated heterocycles. The molecule has 4 heterocycles. The average Bonchev–Trinajstić information content (AvgIpc) is 3.11. The first kappa shape index (κ1) is 16.8. The summed E-state index contributed by atoms with van der Waals surface area (Å²) in [6, 6.07) is 0.597. The lowest BCUT2D eigenvalue weighted by molar-refractivity contribution is -0.132. The SMILES string of the molecule is O=C1CCCN1C[C@H]1CC[C@]2(COCCN(C3CCOCC3)C2)O1. The van der Waals surface area contributed by atoms with E-state index in [1.807, 2.05) is 4.90 Å². The molecule has 0 N–H and O–H groups in total. The van der Waals surface area contributed by atoms with Crippen molar-refractivity contribution >= 4 is 5.91 Å². The molecule has 6 heteroatoms. The highest BCUT2D eigenvalue weighted by Gasteiger charge is 2.45. The third-order valence-corrected chi connectivity index (χ3v) is 6.02. The Bertz CT molecular complexity index is 454. The fraction of sp³-hybridized carbons (Fsp3) is 0.944. The lowest BCUT2D eigenvalue weighted by atomic mass is 9.98. The number of likely N-dealkylation sites (tertiary alicyclic amines) is 1. The van der Waals surface area contributed by atoms with Crippen molar-refractivity contribution in [3.8, 4) is 0 Å². The lowest BCUT2D eigenvalue weighted by Gasteiger charge is -2.38. The Morgan fingerprint density at radius 3 is 2.75 bits per heavy atom. The Morgan fingerprint density at radius 2 is 1.96 bits per heavy atom. The van der Waals surface area contributed by atoms with Crippen LogP contribution in [0.15, 0.2) is 0 Å². The van der Waals surface area contributed by atoms with Gasteiger partial charge < -0.3 is 19.1 Å². The predicted molar refractivity (Wildman–Crippen MR) is 88.9 cm³/mol. The Morgan fingerprint density at radius 1 is 1.08 bits per heavy atom. The van der Waals surface area contributed by atoms with Crippen molar-refractivity contribution in [2.45, 2.75) is 56.3 Å². The van der Waals surface area contributed by atoms with Crippen molar-refractivity contribution in [1.29, 1.82) is 0 Å². The van der Waals surface area contributed by atoms with E-state index in [4.69, 9.17) is 14.2 Å². The molecule has 136 valence electrons. The molecule has 6 nitrogen and oxygen atoms in total. The Kier molecular flexibility index (Phi) is 5.08. The van der Waals surface area contributed by atoms with Gasteiger partial charge in [0.25, 0.3) is 0 Å². The van der Waals surface area contributed by atoms with Gasteiger partial charge in [0.2, 0.25) is 5.91 Å². The maximum Gasteiger partial charge on any atom is 0.222 e. The Hall–Kier alpha value is -0.690. The van der Waals surface area contributed by atoms with Crippen LogP contribution in [0, 0.1) is 0 Å². The van der Waals surface area contributed by atoms with Crippen LogP contribution >= 0.6 is 0 Å². The lowest BCUT2D eigenvalue weighted by Crippen LogP contribution is -2.50. The van der Waals surface area contributed by atoms with Crippen LogP contribution < -0.4 is 0 Å². The van der Waals surface area contributed by atoms with Crippen LogP contribution in [0.5, 0.6) is 0 Å². The van der Waals surface area contributed by atoms with Crippen molar-refractivity contribution in [2.75, 3.05) is 52.6 Å². The fourth-order valence-electron chi connectivity index (χ4n) is 4.69. The van der Waals surface area contributed by atoms with Gasteiger partial charge in [-0.05, 0) is 32.1 Å². The van der Waals surface area contributed by atoms with E-state index >= 15 is 0 Å². The number of hydrogen-bond donors (Lipinski definition) is 0. The van der Waals surface area contributed by atoms with E-state index < -0.39 is 0 Å². The third-order valence-electron chi connectivity index (χ3n) is 6.02. The number of nitrogens with zero attached hydrogens (tertiary/aromatic N) is 2. The van der Waals surface area contributed by atoms with E-state index in [1.165, 1.54) is 0 Å². The molecule has 4 aliphatic rings. The van der Waals surface area contributed by atoms with Gasteiger partial charge in [-0.15, -0.1) is 0 Å². The van der Waals surface area contributed by atoms with Crippen LogP contribution in [0.25, 0.3) is 0 Å². The summed E-state index contributed by atoms with van der Waals surface area (Å²) in [7, 11) is 0. The zero-order chi connectivity index (χ0) is 16.4. The van der Waals surface area contributed by atoms with Gasteiger partial charge in [0, 0.05) is 51.9 Å². The van der Waals surface area contributed by atoms with E-state index in [1.54, 1.807) is 0 Å². The van der Waals surface area contributed by atoms with E-state index in [9.17, 15) is 4.79 Å². The van der Waals surface area contributed by atoms with Crippen molar-refractivity contribution in [3.63, 3.8) is 0 Å². The van der Waals surface area contributed by atoms with E-state index in [2.05, 4.69) is 4.90 Å². The fourth-order valence-corrected chi connectivity index (χ4v) is 4.69. The minimum Gasteiger partial charge on any atom is -0.381 e. The van der Waals surface area contributed by atoms with E-state index in [-0.39, 0.29) is 11.7 Å². The number of rotatable bonds is 3. The molecule has 0 unspecified atom stereocenters. The molecule has 24 heavy (non-hydrogen) atoms. The second-order valence-electron chi connectivity index (χ2n) is 7.77. The van der Waals surface area contributed by atoms with Crippen LogP contribution in [0.3, 0.4) is 0 Å². The molecule has 4 fully saturated rings. The van der Waals surface area contributed by atoms with Crippen LogP contribution in [-0.2, 0) is 19.0 Å². The summed E-state index contributed by atoms with van der Waals surface area (Å²) in [5, 5.41) is 0. The highest BCUT2D eigenvalue weighted by atomic mass is 16.6. The van der Waals surface area contributed by atoms with Crippen LogP contribution in [0.2, 0.25) is 0 Å². The van der Waals surface area contributed by atoms with Crippen molar-refractivity contribution in [1.82, 2.24) is 9.80 Å². The van der Waals surface area contributed by atoms with Crippen LogP contribution in [0.1, 0.15) is 38.5 Å². The number of amides is 1. The zero-order valence-electron chi connectivity index (χ0n) is 14.6. The minimum atomic E-state index is -0.178. The molecule has 1 spiro atoms. The molecule has 0 saturated carbocycles. The van der Waals surface area contributed by atoms with Crippen molar-refractivity contribution in [3.05, 3.63) is 0 Å². The molecule has 2 atom stereocenters. The highest BCUT2D eigenvalue weighted by molar-refractivity contribution is 5.78. The van der Waals surface area contributed by atoms with Gasteiger partial charge in [0.05, 0.1) is 19.3 Å². The van der Waals surface area contributed by atoms with Crippen LogP contribution in [-0.4, -0.2) is 86.1 Å². The Balaban J connectivity index is 1.37. The van der Waals surface area contributed by atoms with Gasteiger partial charge in [0.1, 0.15) is 5.60 Å². The summed E-state index contributed by atoms with van der Waals surface area (Å²) in [4.78, 5) is 16.4. The molecule has 0 aromatic carbocycles. The maximum atomic E-state index is 11.9. The van der Waals surface area contributed by atoms with Crippen molar-refractivity contribution < 1.29 is 19.0 Å². The van der Waals surface area contributed by atoms with Crippen molar-refractivity contribution in [2.24, 2.45) is 0 Å². The van der Waals surface area contributed by atoms with Gasteiger partial charge in [0.15, 0.2) is 0 Å². The van der Waals surface area contributed by atoms with E-state index in [0.717, 1.165) is 78.1 Å². The van der Waals surface area contributed by atoms with Gasteiger partial charge in [-0.25, -0.2) is 0 Å². The molecule has 1 amide bonds. The van der Waals surface area contributed by atoms with Gasteiger partial charge in [-0.2, -0.15) is 0 Å². The van der Waals surface area contributed by atoms with E-state index in [0.29, 0.717) is 25.0 Å². The summed E-state index contributed by atoms with van der Waals surface area (Å²) < 4.78 is 17.9. The summed E-state index contributed by atoms with van der Waals surface area (Å²) in [5.41, 5.74) is -0.178. The molecule has 0 radical (unpaired) electrons. The maximum absolute atomic E-state index is 11.9. The summed E-state index contributed by atoms with van der Waals surface area (Å²) in [6.07, 6.45) is 6.18. The third kappa shape index (κ3) is 3.62. The topological polar surface area (TPSA) is 51.2 Å². The quantitative estimate of drug-likeness (QED) is 0.770. The van der Waals surface area contributed by atoms with Gasteiger partial charge >= 0.3 is 0 Å². The summed E-state index contributed by atoms with van der Waals surface area (Å²) in [6.45, 7) is 6.83. The first-order chi connectivity index (χ1) is 11.7. The summed E-state index contributed by atoms with van der Waals surface area (Å²) in [5.74, 6) is 0.292. The largest absolute Gasteiger partial charge is 0.381 e. The molecule has 4 aliphatic heterocycles. The molecule has 0 aromatic rings. The first-order valence-corrected chi connectivity index (χ1v) is 9.59. The molecule has 0 aliphatic carbocycles. The monoisotopic (exact) mass is 338 g/mol. The number of ether oxygens (including phenoxy) is 3. The molecule has 0 aromatic heterocycles. The second kappa shape index (κ2) is 7.28.